The molecule has 1 rings (SSSR count). The molecule has 0 heterocycles. The van der Waals surface area contributed by atoms with Gasteiger partial charge in [0.25, 0.3) is 0 Å². The second kappa shape index (κ2) is 4.99. The van der Waals surface area contributed by atoms with Gasteiger partial charge in [0.1, 0.15) is 5.92 Å². The van der Waals surface area contributed by atoms with Crippen LogP contribution in [-0.4, -0.2) is 23.9 Å². The smallest absolute Gasteiger partial charge is 0.239 e. The monoisotopic (exact) mass is 194 g/mol. The van der Waals surface area contributed by atoms with Crippen LogP contribution in [0, 0.1) is 17.2 Å². The summed E-state index contributed by atoms with van der Waals surface area (Å²) in [5.41, 5.74) is 0. The first-order chi connectivity index (χ1) is 6.70. The van der Waals surface area contributed by atoms with E-state index >= 15 is 0 Å². The van der Waals surface area contributed by atoms with Crippen molar-refractivity contribution < 1.29 is 4.79 Å². The fourth-order valence-corrected chi connectivity index (χ4v) is 2.04. The second-order valence-corrected chi connectivity index (χ2v) is 3.98. The van der Waals surface area contributed by atoms with Gasteiger partial charge in [-0.2, -0.15) is 5.26 Å². The van der Waals surface area contributed by atoms with Crippen molar-refractivity contribution in [2.24, 2.45) is 5.92 Å². The van der Waals surface area contributed by atoms with Gasteiger partial charge in [0, 0.05) is 13.1 Å². The lowest BCUT2D eigenvalue weighted by Gasteiger charge is -2.25. The molecule has 1 saturated carbocycles. The van der Waals surface area contributed by atoms with Gasteiger partial charge in [0.2, 0.25) is 5.91 Å². The maximum Gasteiger partial charge on any atom is 0.239 e. The second-order valence-electron chi connectivity index (χ2n) is 3.98. The van der Waals surface area contributed by atoms with E-state index in [9.17, 15) is 4.79 Å². The third-order valence-corrected chi connectivity index (χ3v) is 3.08. The maximum atomic E-state index is 11.8. The van der Waals surface area contributed by atoms with Crippen molar-refractivity contribution in [2.45, 2.75) is 45.1 Å². The Labute approximate surface area is 85.7 Å². The Morgan fingerprint density at radius 2 is 2.14 bits per heavy atom. The summed E-state index contributed by atoms with van der Waals surface area (Å²) in [6, 6.07) is 2.44. The molecule has 3 heteroatoms. The molecule has 1 aliphatic rings. The van der Waals surface area contributed by atoms with Crippen LogP contribution in [0.25, 0.3) is 0 Å². The van der Waals surface area contributed by atoms with Gasteiger partial charge in [-0.3, -0.25) is 4.79 Å². The lowest BCUT2D eigenvalue weighted by molar-refractivity contribution is -0.134. The van der Waals surface area contributed by atoms with Crippen LogP contribution in [0.5, 0.6) is 0 Å². The summed E-state index contributed by atoms with van der Waals surface area (Å²) in [4.78, 5) is 13.6. The molecule has 0 aromatic heterocycles. The fourth-order valence-electron chi connectivity index (χ4n) is 2.04. The molecule has 0 spiro atoms. The number of nitriles is 1. The predicted octanol–water partition coefficient (Wildman–Crippen LogP) is 1.94. The molecule has 0 saturated heterocycles. The SMILES string of the molecule is CCC(C#N)C(=O)N(C)C1CCCC1. The van der Waals surface area contributed by atoms with E-state index in [-0.39, 0.29) is 5.91 Å². The van der Waals surface area contributed by atoms with Gasteiger partial charge in [0.05, 0.1) is 6.07 Å². The molecule has 14 heavy (non-hydrogen) atoms. The highest BCUT2D eigenvalue weighted by molar-refractivity contribution is 5.81. The predicted molar refractivity (Wildman–Crippen MR) is 54.4 cm³/mol. The van der Waals surface area contributed by atoms with Gasteiger partial charge in [0.15, 0.2) is 0 Å². The first kappa shape index (κ1) is 11.0. The van der Waals surface area contributed by atoms with Crippen LogP contribution < -0.4 is 0 Å². The molecule has 1 unspecified atom stereocenters. The van der Waals surface area contributed by atoms with Crippen molar-refractivity contribution in [3.63, 3.8) is 0 Å². The Morgan fingerprint density at radius 3 is 2.57 bits per heavy atom. The minimum atomic E-state index is -0.444. The summed E-state index contributed by atoms with van der Waals surface area (Å²) in [7, 11) is 1.83. The zero-order chi connectivity index (χ0) is 10.6. The summed E-state index contributed by atoms with van der Waals surface area (Å²) >= 11 is 0. The summed E-state index contributed by atoms with van der Waals surface area (Å²) in [5, 5.41) is 8.79. The van der Waals surface area contributed by atoms with E-state index in [0.29, 0.717) is 12.5 Å². The van der Waals surface area contributed by atoms with Gasteiger partial charge < -0.3 is 4.90 Å². The van der Waals surface area contributed by atoms with Crippen molar-refractivity contribution in [1.29, 1.82) is 5.26 Å². The molecule has 0 aromatic rings. The number of amides is 1. The Kier molecular flexibility index (Phi) is 3.94. The molecule has 78 valence electrons. The zero-order valence-electron chi connectivity index (χ0n) is 8.99. The van der Waals surface area contributed by atoms with Crippen molar-refractivity contribution >= 4 is 5.91 Å². The molecular formula is C11H18N2O. The van der Waals surface area contributed by atoms with Gasteiger partial charge >= 0.3 is 0 Å². The van der Waals surface area contributed by atoms with Crippen LogP contribution in [0.3, 0.4) is 0 Å². The molecule has 0 aliphatic heterocycles. The van der Waals surface area contributed by atoms with E-state index in [4.69, 9.17) is 5.26 Å². The summed E-state index contributed by atoms with van der Waals surface area (Å²) < 4.78 is 0. The zero-order valence-corrected chi connectivity index (χ0v) is 8.99. The summed E-state index contributed by atoms with van der Waals surface area (Å²) in [6.07, 6.45) is 5.25. The molecule has 1 aliphatic carbocycles. The van der Waals surface area contributed by atoms with Crippen LogP contribution in [0.4, 0.5) is 0 Å². The Morgan fingerprint density at radius 1 is 1.57 bits per heavy atom. The van der Waals surface area contributed by atoms with Crippen molar-refractivity contribution in [3.8, 4) is 6.07 Å². The van der Waals surface area contributed by atoms with E-state index in [1.165, 1.54) is 12.8 Å². The molecule has 1 fully saturated rings. The highest BCUT2D eigenvalue weighted by Gasteiger charge is 2.27. The average Bonchev–Trinajstić information content (AvgIpc) is 2.71. The Bertz CT molecular complexity index is 238. The van der Waals surface area contributed by atoms with Crippen LogP contribution in [0.2, 0.25) is 0 Å². The lowest BCUT2D eigenvalue weighted by Crippen LogP contribution is -2.38. The van der Waals surface area contributed by atoms with Gasteiger partial charge in [-0.05, 0) is 19.3 Å². The highest BCUT2D eigenvalue weighted by Crippen LogP contribution is 2.23. The minimum absolute atomic E-state index is 0.00176. The number of rotatable bonds is 3. The van der Waals surface area contributed by atoms with Gasteiger partial charge in [-0.15, -0.1) is 0 Å². The van der Waals surface area contributed by atoms with Crippen molar-refractivity contribution in [2.75, 3.05) is 7.05 Å². The molecule has 0 radical (unpaired) electrons. The van der Waals surface area contributed by atoms with Crippen LogP contribution in [-0.2, 0) is 4.79 Å². The molecule has 3 nitrogen and oxygen atoms in total. The van der Waals surface area contributed by atoms with Crippen molar-refractivity contribution in [3.05, 3.63) is 0 Å². The lowest BCUT2D eigenvalue weighted by atomic mass is 10.1. The topological polar surface area (TPSA) is 44.1 Å². The third-order valence-electron chi connectivity index (χ3n) is 3.08. The minimum Gasteiger partial charge on any atom is -0.342 e. The average molecular weight is 194 g/mol. The molecule has 1 amide bonds. The molecule has 0 N–H and O–H groups in total. The first-order valence-electron chi connectivity index (χ1n) is 5.37. The third kappa shape index (κ3) is 2.25. The normalized spacial score (nSPS) is 18.9. The first-order valence-corrected chi connectivity index (χ1v) is 5.37. The summed E-state index contributed by atoms with van der Waals surface area (Å²) in [5.74, 6) is -0.442. The maximum absolute atomic E-state index is 11.8. The molecule has 1 atom stereocenters. The van der Waals surface area contributed by atoms with E-state index in [0.717, 1.165) is 12.8 Å². The van der Waals surface area contributed by atoms with Gasteiger partial charge in [-0.25, -0.2) is 0 Å². The number of hydrogen-bond acceptors (Lipinski definition) is 2. The summed E-state index contributed by atoms with van der Waals surface area (Å²) in [6.45, 7) is 1.88. The van der Waals surface area contributed by atoms with Crippen LogP contribution in [0.15, 0.2) is 0 Å². The molecule has 0 bridgehead atoms. The quantitative estimate of drug-likeness (QED) is 0.689. The van der Waals surface area contributed by atoms with E-state index in [2.05, 4.69) is 6.07 Å². The standard InChI is InChI=1S/C11H18N2O/c1-3-9(8-12)11(14)13(2)10-6-4-5-7-10/h9-10H,3-7H2,1-2H3. The Hall–Kier alpha value is -1.04. The van der Waals surface area contributed by atoms with Gasteiger partial charge in [-0.1, -0.05) is 19.8 Å². The fraction of sp³-hybridized carbons (Fsp3) is 0.818. The number of nitrogens with zero attached hydrogens (tertiary/aromatic N) is 2. The Balaban J connectivity index is 2.55. The number of carbonyl (C=O) groups excluding carboxylic acids is 1. The van der Waals surface area contributed by atoms with Crippen LogP contribution in [0.1, 0.15) is 39.0 Å². The van der Waals surface area contributed by atoms with E-state index in [1.54, 1.807) is 4.90 Å². The van der Waals surface area contributed by atoms with E-state index in [1.807, 2.05) is 14.0 Å². The molecule has 0 aromatic carbocycles. The number of hydrogen-bond donors (Lipinski definition) is 0. The molecular weight excluding hydrogens is 176 g/mol. The number of carbonyl (C=O) groups is 1. The van der Waals surface area contributed by atoms with Crippen LogP contribution >= 0.6 is 0 Å². The highest BCUT2D eigenvalue weighted by atomic mass is 16.2. The van der Waals surface area contributed by atoms with Crippen molar-refractivity contribution in [1.82, 2.24) is 4.90 Å². The largest absolute Gasteiger partial charge is 0.342 e. The van der Waals surface area contributed by atoms with E-state index < -0.39 is 5.92 Å².